The maximum atomic E-state index is 12.5. The Kier molecular flexibility index (Phi) is 9.48. The maximum absolute atomic E-state index is 12.5. The number of fused-ring (bicyclic) bond motifs is 1. The van der Waals surface area contributed by atoms with Crippen LogP contribution >= 0.6 is 0 Å². The molecule has 1 aromatic rings. The fraction of sp³-hybridized carbons (Fsp3) is 0.667. The van der Waals surface area contributed by atoms with Gasteiger partial charge in [-0.05, 0) is 37.3 Å². The van der Waals surface area contributed by atoms with E-state index in [1.165, 1.54) is 49.7 Å². The third-order valence-corrected chi connectivity index (χ3v) is 5.91. The molecule has 6 nitrogen and oxygen atoms in total. The van der Waals surface area contributed by atoms with Gasteiger partial charge in [-0.15, -0.1) is 0 Å². The molecular weight excluding hydrogens is 376 g/mol. The number of nitrogens with one attached hydrogen (secondary N) is 2. The van der Waals surface area contributed by atoms with Crippen LogP contribution in [0.15, 0.2) is 29.3 Å². The minimum Gasteiger partial charge on any atom is -0.376 e. The highest BCUT2D eigenvalue weighted by molar-refractivity contribution is 5.80. The van der Waals surface area contributed by atoms with Gasteiger partial charge < -0.3 is 20.3 Å². The summed E-state index contributed by atoms with van der Waals surface area (Å²) in [5, 5.41) is 6.62. The molecule has 0 bridgehead atoms. The summed E-state index contributed by atoms with van der Waals surface area (Å²) < 4.78 is 6.04. The number of ether oxygens (including phenoxy) is 1. The van der Waals surface area contributed by atoms with Gasteiger partial charge in [-0.25, -0.2) is 0 Å². The first-order valence-corrected chi connectivity index (χ1v) is 11.7. The van der Waals surface area contributed by atoms with Crippen LogP contribution in [0.5, 0.6) is 0 Å². The number of amides is 1. The largest absolute Gasteiger partial charge is 0.376 e. The molecule has 1 heterocycles. The number of carbonyl (C=O) groups is 1. The van der Waals surface area contributed by atoms with E-state index in [2.05, 4.69) is 34.7 Å². The summed E-state index contributed by atoms with van der Waals surface area (Å²) in [5.41, 5.74) is 2.54. The van der Waals surface area contributed by atoms with E-state index >= 15 is 0 Å². The van der Waals surface area contributed by atoms with Crippen molar-refractivity contribution in [1.82, 2.24) is 15.5 Å². The van der Waals surface area contributed by atoms with Gasteiger partial charge in [0.1, 0.15) is 0 Å². The molecule has 0 atom stereocenters. The first-order chi connectivity index (χ1) is 14.8. The smallest absolute Gasteiger partial charge is 0.223 e. The van der Waals surface area contributed by atoms with Crippen LogP contribution in [0.2, 0.25) is 0 Å². The lowest BCUT2D eigenvalue weighted by Gasteiger charge is -2.17. The number of nitrogens with zero attached hydrogens (tertiary/aromatic N) is 2. The molecule has 0 saturated heterocycles. The van der Waals surface area contributed by atoms with E-state index in [4.69, 9.17) is 4.74 Å². The van der Waals surface area contributed by atoms with Gasteiger partial charge in [-0.1, -0.05) is 49.9 Å². The molecule has 0 spiro atoms. The summed E-state index contributed by atoms with van der Waals surface area (Å²) in [7, 11) is 0. The van der Waals surface area contributed by atoms with Crippen molar-refractivity contribution in [1.29, 1.82) is 0 Å². The molecule has 1 aliphatic heterocycles. The number of benzene rings is 1. The zero-order chi connectivity index (χ0) is 21.0. The molecule has 6 heteroatoms. The van der Waals surface area contributed by atoms with Crippen LogP contribution in [0.3, 0.4) is 0 Å². The van der Waals surface area contributed by atoms with Crippen molar-refractivity contribution in [2.75, 3.05) is 26.2 Å². The second kappa shape index (κ2) is 12.6. The predicted molar refractivity (Wildman–Crippen MR) is 121 cm³/mol. The van der Waals surface area contributed by atoms with Gasteiger partial charge in [-0.3, -0.25) is 9.79 Å². The SMILES string of the molecule is CCNC(=NCCCC(=O)N1Cc2ccccc2C1)NCCOC1CCCCCC1. The van der Waals surface area contributed by atoms with Crippen molar-refractivity contribution in [3.8, 4) is 0 Å². The van der Waals surface area contributed by atoms with E-state index in [0.29, 0.717) is 25.7 Å². The average molecular weight is 415 g/mol. The Morgan fingerprint density at radius 2 is 1.80 bits per heavy atom. The Morgan fingerprint density at radius 3 is 2.47 bits per heavy atom. The lowest BCUT2D eigenvalue weighted by molar-refractivity contribution is -0.131. The molecule has 1 amide bonds. The first kappa shape index (κ1) is 22.6. The number of carbonyl (C=O) groups excluding carboxylic acids is 1. The molecule has 1 aromatic carbocycles. The maximum Gasteiger partial charge on any atom is 0.223 e. The molecule has 0 unspecified atom stereocenters. The Bertz CT molecular complexity index is 659. The predicted octanol–water partition coefficient (Wildman–Crippen LogP) is 3.60. The molecule has 1 saturated carbocycles. The summed E-state index contributed by atoms with van der Waals surface area (Å²) in [6, 6.07) is 8.30. The topological polar surface area (TPSA) is 66.0 Å². The Balaban J connectivity index is 1.31. The molecular formula is C24H38N4O2. The zero-order valence-corrected chi connectivity index (χ0v) is 18.5. The number of rotatable bonds is 9. The molecule has 2 N–H and O–H groups in total. The fourth-order valence-electron chi connectivity index (χ4n) is 4.23. The van der Waals surface area contributed by atoms with Gasteiger partial charge in [0.25, 0.3) is 0 Å². The van der Waals surface area contributed by atoms with Crippen molar-refractivity contribution >= 4 is 11.9 Å². The van der Waals surface area contributed by atoms with Crippen LogP contribution in [-0.2, 0) is 22.6 Å². The highest BCUT2D eigenvalue weighted by Crippen LogP contribution is 2.23. The minimum absolute atomic E-state index is 0.219. The summed E-state index contributed by atoms with van der Waals surface area (Å²) in [6.45, 7) is 6.47. The van der Waals surface area contributed by atoms with Gasteiger partial charge in [0.05, 0.1) is 12.7 Å². The van der Waals surface area contributed by atoms with E-state index < -0.39 is 0 Å². The monoisotopic (exact) mass is 414 g/mol. The Morgan fingerprint density at radius 1 is 1.10 bits per heavy atom. The number of aliphatic imine (C=N–C) groups is 1. The van der Waals surface area contributed by atoms with Gasteiger partial charge in [0.2, 0.25) is 5.91 Å². The van der Waals surface area contributed by atoms with E-state index in [0.717, 1.165) is 38.6 Å². The third-order valence-electron chi connectivity index (χ3n) is 5.91. The minimum atomic E-state index is 0.219. The van der Waals surface area contributed by atoms with Crippen LogP contribution in [0, 0.1) is 0 Å². The van der Waals surface area contributed by atoms with E-state index in [1.54, 1.807) is 0 Å². The fourth-order valence-corrected chi connectivity index (χ4v) is 4.23. The third kappa shape index (κ3) is 7.31. The summed E-state index contributed by atoms with van der Waals surface area (Å²) in [4.78, 5) is 19.1. The van der Waals surface area contributed by atoms with Crippen molar-refractivity contribution < 1.29 is 9.53 Å². The standard InChI is InChI=1S/C24H38N4O2/c1-2-25-24(27-16-17-30-22-12-5-3-4-6-13-22)26-15-9-14-23(29)28-18-20-10-7-8-11-21(20)19-28/h7-8,10-11,22H,2-6,9,12-19H2,1H3,(H2,25,26,27). The second-order valence-electron chi connectivity index (χ2n) is 8.29. The van der Waals surface area contributed by atoms with Gasteiger partial charge in [0, 0.05) is 39.1 Å². The summed E-state index contributed by atoms with van der Waals surface area (Å²) in [5.74, 6) is 1.03. The lowest BCUT2D eigenvalue weighted by atomic mass is 10.1. The Labute approximate surface area is 181 Å². The molecule has 3 rings (SSSR count). The van der Waals surface area contributed by atoms with Crippen LogP contribution in [0.1, 0.15) is 69.4 Å². The van der Waals surface area contributed by atoms with Crippen LogP contribution < -0.4 is 10.6 Å². The number of guanidine groups is 1. The normalized spacial score (nSPS) is 17.5. The number of hydrogen-bond acceptors (Lipinski definition) is 3. The highest BCUT2D eigenvalue weighted by Gasteiger charge is 2.22. The van der Waals surface area contributed by atoms with Crippen molar-refractivity contribution in [3.63, 3.8) is 0 Å². The van der Waals surface area contributed by atoms with Crippen LogP contribution in [0.4, 0.5) is 0 Å². The molecule has 0 aromatic heterocycles. The molecule has 30 heavy (non-hydrogen) atoms. The quantitative estimate of drug-likeness (QED) is 0.280. The lowest BCUT2D eigenvalue weighted by Crippen LogP contribution is -2.39. The molecule has 1 fully saturated rings. The molecule has 166 valence electrons. The number of hydrogen-bond donors (Lipinski definition) is 2. The Hall–Kier alpha value is -2.08. The van der Waals surface area contributed by atoms with Crippen LogP contribution in [-0.4, -0.2) is 49.1 Å². The second-order valence-corrected chi connectivity index (χ2v) is 8.29. The van der Waals surface area contributed by atoms with Crippen molar-refractivity contribution in [3.05, 3.63) is 35.4 Å². The highest BCUT2D eigenvalue weighted by atomic mass is 16.5. The van der Waals surface area contributed by atoms with Crippen molar-refractivity contribution in [2.45, 2.75) is 77.5 Å². The zero-order valence-electron chi connectivity index (χ0n) is 18.5. The van der Waals surface area contributed by atoms with E-state index in [1.807, 2.05) is 17.0 Å². The van der Waals surface area contributed by atoms with E-state index in [-0.39, 0.29) is 5.91 Å². The first-order valence-electron chi connectivity index (χ1n) is 11.7. The van der Waals surface area contributed by atoms with Gasteiger partial charge in [-0.2, -0.15) is 0 Å². The van der Waals surface area contributed by atoms with Gasteiger partial charge in [0.15, 0.2) is 5.96 Å². The van der Waals surface area contributed by atoms with Crippen molar-refractivity contribution in [2.24, 2.45) is 4.99 Å². The molecule has 2 aliphatic rings. The molecule has 0 radical (unpaired) electrons. The molecule has 1 aliphatic carbocycles. The van der Waals surface area contributed by atoms with Crippen LogP contribution in [0.25, 0.3) is 0 Å². The summed E-state index contributed by atoms with van der Waals surface area (Å²) >= 11 is 0. The summed E-state index contributed by atoms with van der Waals surface area (Å²) in [6.07, 6.45) is 9.42. The van der Waals surface area contributed by atoms with Gasteiger partial charge >= 0.3 is 0 Å². The average Bonchev–Trinajstić information content (AvgIpc) is 3.03. The van der Waals surface area contributed by atoms with E-state index in [9.17, 15) is 4.79 Å².